The van der Waals surface area contributed by atoms with E-state index in [2.05, 4.69) is 31.5 Å². The minimum Gasteiger partial charge on any atom is -0.369 e. The van der Waals surface area contributed by atoms with Crippen LogP contribution >= 0.6 is 27.5 Å². The van der Waals surface area contributed by atoms with E-state index in [9.17, 15) is 0 Å². The molecule has 1 fully saturated rings. The number of hydrogen-bond donors (Lipinski definition) is 2. The Hall–Kier alpha value is -0.320. The number of pyridine rings is 1. The molecular formula is C11H15BrClN3. The van der Waals surface area contributed by atoms with Crippen LogP contribution in [0.1, 0.15) is 12.8 Å². The van der Waals surface area contributed by atoms with Crippen LogP contribution in [0.5, 0.6) is 0 Å². The Labute approximate surface area is 109 Å². The molecule has 1 saturated heterocycles. The van der Waals surface area contributed by atoms with Gasteiger partial charge in [0, 0.05) is 17.2 Å². The summed E-state index contributed by atoms with van der Waals surface area (Å²) in [5, 5.41) is 7.31. The van der Waals surface area contributed by atoms with Crippen molar-refractivity contribution < 1.29 is 0 Å². The first kappa shape index (κ1) is 12.1. The monoisotopic (exact) mass is 303 g/mol. The van der Waals surface area contributed by atoms with Crippen LogP contribution < -0.4 is 10.6 Å². The molecule has 1 aliphatic rings. The van der Waals surface area contributed by atoms with E-state index >= 15 is 0 Å². The van der Waals surface area contributed by atoms with Gasteiger partial charge in [-0.3, -0.25) is 0 Å². The molecule has 2 heterocycles. The zero-order valence-corrected chi connectivity index (χ0v) is 11.3. The van der Waals surface area contributed by atoms with Crippen molar-refractivity contribution in [2.75, 3.05) is 25.0 Å². The molecule has 1 atom stereocenters. The summed E-state index contributed by atoms with van der Waals surface area (Å²) in [6, 6.07) is 1.86. The molecule has 0 aliphatic carbocycles. The first-order chi connectivity index (χ1) is 7.75. The van der Waals surface area contributed by atoms with Crippen molar-refractivity contribution in [3.63, 3.8) is 0 Å². The highest BCUT2D eigenvalue weighted by molar-refractivity contribution is 9.10. The molecule has 2 N–H and O–H groups in total. The summed E-state index contributed by atoms with van der Waals surface area (Å²) in [6.07, 6.45) is 4.20. The summed E-state index contributed by atoms with van der Waals surface area (Å²) < 4.78 is 0.906. The Morgan fingerprint density at radius 1 is 1.62 bits per heavy atom. The van der Waals surface area contributed by atoms with Crippen molar-refractivity contribution in [1.82, 2.24) is 10.3 Å². The second-order valence-corrected chi connectivity index (χ2v) is 5.38. The van der Waals surface area contributed by atoms with Gasteiger partial charge in [-0.15, -0.1) is 0 Å². The predicted octanol–water partition coefficient (Wildman–Crippen LogP) is 2.91. The third-order valence-electron chi connectivity index (χ3n) is 2.82. The molecule has 5 heteroatoms. The van der Waals surface area contributed by atoms with Crippen molar-refractivity contribution in [3.8, 4) is 0 Å². The Bertz CT molecular complexity index is 353. The number of anilines is 1. The van der Waals surface area contributed by atoms with Gasteiger partial charge in [0.15, 0.2) is 0 Å². The third kappa shape index (κ3) is 3.34. The largest absolute Gasteiger partial charge is 0.369 e. The van der Waals surface area contributed by atoms with Gasteiger partial charge < -0.3 is 10.6 Å². The normalized spacial score (nSPS) is 20.0. The lowest BCUT2D eigenvalue weighted by atomic mass is 10.1. The molecule has 1 aliphatic heterocycles. The van der Waals surface area contributed by atoms with Gasteiger partial charge in [0.25, 0.3) is 0 Å². The van der Waals surface area contributed by atoms with Crippen LogP contribution in [0, 0.1) is 5.92 Å². The van der Waals surface area contributed by atoms with Crippen molar-refractivity contribution in [3.05, 3.63) is 21.8 Å². The van der Waals surface area contributed by atoms with Crippen molar-refractivity contribution in [2.24, 2.45) is 5.92 Å². The van der Waals surface area contributed by atoms with E-state index in [0.717, 1.165) is 35.8 Å². The minimum absolute atomic E-state index is 0.666. The maximum atomic E-state index is 6.06. The lowest BCUT2D eigenvalue weighted by Gasteiger charge is -2.10. The number of nitrogens with zero attached hydrogens (tertiary/aromatic N) is 1. The van der Waals surface area contributed by atoms with E-state index in [-0.39, 0.29) is 0 Å². The molecule has 0 amide bonds. The molecule has 16 heavy (non-hydrogen) atoms. The van der Waals surface area contributed by atoms with E-state index in [0.29, 0.717) is 5.02 Å². The summed E-state index contributed by atoms with van der Waals surface area (Å²) in [5.74, 6) is 1.57. The molecule has 0 bridgehead atoms. The average molecular weight is 305 g/mol. The van der Waals surface area contributed by atoms with Crippen molar-refractivity contribution in [1.29, 1.82) is 0 Å². The highest BCUT2D eigenvalue weighted by atomic mass is 79.9. The molecule has 88 valence electrons. The highest BCUT2D eigenvalue weighted by Crippen LogP contribution is 2.23. The fourth-order valence-electron chi connectivity index (χ4n) is 1.90. The molecule has 2 rings (SSSR count). The zero-order chi connectivity index (χ0) is 11.4. The molecule has 1 aromatic heterocycles. The highest BCUT2D eigenvalue weighted by Gasteiger charge is 2.13. The SMILES string of the molecule is Clc1cc(Br)cnc1NCCC1CCNC1. The van der Waals surface area contributed by atoms with E-state index < -0.39 is 0 Å². The number of rotatable bonds is 4. The van der Waals surface area contributed by atoms with Gasteiger partial charge in [-0.1, -0.05) is 11.6 Å². The van der Waals surface area contributed by atoms with Crippen LogP contribution in [-0.2, 0) is 0 Å². The Kier molecular flexibility index (Phi) is 4.44. The molecule has 0 radical (unpaired) electrons. The first-order valence-corrected chi connectivity index (χ1v) is 6.68. The van der Waals surface area contributed by atoms with E-state index in [1.165, 1.54) is 12.8 Å². The van der Waals surface area contributed by atoms with E-state index in [1.807, 2.05) is 6.07 Å². The van der Waals surface area contributed by atoms with Gasteiger partial charge in [-0.2, -0.15) is 0 Å². The minimum atomic E-state index is 0.666. The van der Waals surface area contributed by atoms with E-state index in [1.54, 1.807) is 6.20 Å². The summed E-state index contributed by atoms with van der Waals surface area (Å²) in [4.78, 5) is 4.24. The molecule has 3 nitrogen and oxygen atoms in total. The summed E-state index contributed by atoms with van der Waals surface area (Å²) >= 11 is 9.39. The van der Waals surface area contributed by atoms with Crippen LogP contribution in [0.25, 0.3) is 0 Å². The predicted molar refractivity (Wildman–Crippen MR) is 71.0 cm³/mol. The van der Waals surface area contributed by atoms with Crippen LogP contribution in [0.2, 0.25) is 5.02 Å². The molecule has 1 unspecified atom stereocenters. The fourth-order valence-corrected chi connectivity index (χ4v) is 2.60. The average Bonchev–Trinajstić information content (AvgIpc) is 2.74. The number of halogens is 2. The van der Waals surface area contributed by atoms with Crippen LogP contribution in [0.3, 0.4) is 0 Å². The second-order valence-electron chi connectivity index (χ2n) is 4.06. The zero-order valence-electron chi connectivity index (χ0n) is 8.97. The molecule has 0 spiro atoms. The van der Waals surface area contributed by atoms with Gasteiger partial charge in [0.05, 0.1) is 5.02 Å². The fraction of sp³-hybridized carbons (Fsp3) is 0.545. The van der Waals surface area contributed by atoms with Gasteiger partial charge in [-0.05, 0) is 53.8 Å². The molecule has 0 aromatic carbocycles. The third-order valence-corrected chi connectivity index (χ3v) is 3.54. The van der Waals surface area contributed by atoms with Gasteiger partial charge in [-0.25, -0.2) is 4.98 Å². The first-order valence-electron chi connectivity index (χ1n) is 5.51. The smallest absolute Gasteiger partial charge is 0.144 e. The Morgan fingerprint density at radius 3 is 3.19 bits per heavy atom. The maximum absolute atomic E-state index is 6.06. The number of hydrogen-bond acceptors (Lipinski definition) is 3. The number of nitrogens with one attached hydrogen (secondary N) is 2. The molecule has 0 saturated carbocycles. The lowest BCUT2D eigenvalue weighted by Crippen LogP contribution is -2.13. The van der Waals surface area contributed by atoms with Gasteiger partial charge in [0.2, 0.25) is 0 Å². The Balaban J connectivity index is 1.80. The topological polar surface area (TPSA) is 37.0 Å². The summed E-state index contributed by atoms with van der Waals surface area (Å²) in [5.41, 5.74) is 0. The van der Waals surface area contributed by atoms with E-state index in [4.69, 9.17) is 11.6 Å². The summed E-state index contributed by atoms with van der Waals surface area (Å²) in [6.45, 7) is 3.23. The molecule has 1 aromatic rings. The van der Waals surface area contributed by atoms with Crippen LogP contribution in [0.15, 0.2) is 16.7 Å². The summed E-state index contributed by atoms with van der Waals surface area (Å²) in [7, 11) is 0. The molecular weight excluding hydrogens is 289 g/mol. The lowest BCUT2D eigenvalue weighted by molar-refractivity contribution is 0.549. The van der Waals surface area contributed by atoms with Crippen molar-refractivity contribution in [2.45, 2.75) is 12.8 Å². The second kappa shape index (κ2) is 5.84. The maximum Gasteiger partial charge on any atom is 0.144 e. The van der Waals surface area contributed by atoms with Gasteiger partial charge in [0.1, 0.15) is 5.82 Å². The Morgan fingerprint density at radius 2 is 2.50 bits per heavy atom. The van der Waals surface area contributed by atoms with Crippen LogP contribution in [-0.4, -0.2) is 24.6 Å². The van der Waals surface area contributed by atoms with Gasteiger partial charge >= 0.3 is 0 Å². The number of aromatic nitrogens is 1. The van der Waals surface area contributed by atoms with Crippen LogP contribution in [0.4, 0.5) is 5.82 Å². The van der Waals surface area contributed by atoms with Crippen molar-refractivity contribution >= 4 is 33.3 Å². The standard InChI is InChI=1S/C11H15BrClN3/c12-9-5-10(13)11(16-7-9)15-4-2-8-1-3-14-6-8/h5,7-8,14H,1-4,6H2,(H,15,16). The quantitative estimate of drug-likeness (QED) is 0.898.